The first-order chi connectivity index (χ1) is 12.9. The number of aliphatic imine (C=N–C) groups is 1. The summed E-state index contributed by atoms with van der Waals surface area (Å²) in [6, 6.07) is 0.430. The maximum Gasteiger partial charge on any atom is 0.128 e. The van der Waals surface area contributed by atoms with Gasteiger partial charge < -0.3 is 15.5 Å². The highest BCUT2D eigenvalue weighted by Gasteiger charge is 2.23. The monoisotopic (exact) mass is 368 g/mol. The lowest BCUT2D eigenvalue weighted by molar-refractivity contribution is 0.444. The Kier molecular flexibility index (Phi) is 7.16. The lowest BCUT2D eigenvalue weighted by Gasteiger charge is -2.30. The number of hydrogen-bond donors (Lipinski definition) is 1. The molecule has 27 heavy (non-hydrogen) atoms. The molecular formula is C21H32N6. The molecule has 2 N–H and O–H groups in total. The van der Waals surface area contributed by atoms with Gasteiger partial charge in [0.15, 0.2) is 0 Å². The zero-order valence-electron chi connectivity index (χ0n) is 17.1. The summed E-state index contributed by atoms with van der Waals surface area (Å²) in [6.07, 6.45) is 9.21. The summed E-state index contributed by atoms with van der Waals surface area (Å²) in [6.45, 7) is 15.0. The molecule has 1 heterocycles. The van der Waals surface area contributed by atoms with Gasteiger partial charge in [0.05, 0.1) is 17.5 Å². The molecule has 0 spiro atoms. The van der Waals surface area contributed by atoms with Crippen molar-refractivity contribution in [3.8, 4) is 0 Å². The molecule has 0 aromatic heterocycles. The lowest BCUT2D eigenvalue weighted by Crippen LogP contribution is -2.32. The molecule has 6 heteroatoms. The van der Waals surface area contributed by atoms with Crippen LogP contribution in [0.4, 0.5) is 0 Å². The summed E-state index contributed by atoms with van der Waals surface area (Å²) in [4.78, 5) is 9.07. The van der Waals surface area contributed by atoms with Gasteiger partial charge in [-0.05, 0) is 45.3 Å². The van der Waals surface area contributed by atoms with Crippen molar-refractivity contribution < 1.29 is 0 Å². The van der Waals surface area contributed by atoms with Gasteiger partial charge in [0.25, 0.3) is 0 Å². The average Bonchev–Trinajstić information content (AvgIpc) is 3.47. The van der Waals surface area contributed by atoms with Gasteiger partial charge in [-0.25, -0.2) is 0 Å². The van der Waals surface area contributed by atoms with Gasteiger partial charge in [-0.1, -0.05) is 19.1 Å². The molecule has 2 rings (SSSR count). The summed E-state index contributed by atoms with van der Waals surface area (Å²) in [5.74, 6) is 0.814. The van der Waals surface area contributed by atoms with Crippen LogP contribution in [-0.4, -0.2) is 54.2 Å². The van der Waals surface area contributed by atoms with Crippen LogP contribution in [0, 0.1) is 0 Å². The second-order valence-corrected chi connectivity index (χ2v) is 7.12. The predicted molar refractivity (Wildman–Crippen MR) is 116 cm³/mol. The molecule has 1 aliphatic heterocycles. The second kappa shape index (κ2) is 9.35. The maximum absolute atomic E-state index is 6.35. The van der Waals surface area contributed by atoms with Crippen molar-refractivity contribution in [1.29, 1.82) is 0 Å². The second-order valence-electron chi connectivity index (χ2n) is 7.12. The van der Waals surface area contributed by atoms with E-state index in [-0.39, 0.29) is 0 Å². The van der Waals surface area contributed by atoms with E-state index in [0.29, 0.717) is 12.6 Å². The van der Waals surface area contributed by atoms with Crippen LogP contribution in [0.2, 0.25) is 0 Å². The third kappa shape index (κ3) is 5.67. The van der Waals surface area contributed by atoms with Crippen LogP contribution in [0.1, 0.15) is 40.0 Å². The minimum absolute atomic E-state index is 0.430. The fraction of sp³-hybridized carbons (Fsp3) is 0.476. The molecule has 1 fully saturated rings. The first-order valence-corrected chi connectivity index (χ1v) is 9.44. The Labute approximate surface area is 163 Å². The van der Waals surface area contributed by atoms with Crippen LogP contribution in [0.15, 0.2) is 62.7 Å². The third-order valence-electron chi connectivity index (χ3n) is 4.71. The summed E-state index contributed by atoms with van der Waals surface area (Å²) >= 11 is 0. The number of hydrogen-bond acceptors (Lipinski definition) is 5. The van der Waals surface area contributed by atoms with Crippen molar-refractivity contribution in [3.63, 3.8) is 0 Å². The Bertz CT molecular complexity index is 734. The zero-order chi connectivity index (χ0) is 20.0. The van der Waals surface area contributed by atoms with Gasteiger partial charge in [-0.2, -0.15) is 5.10 Å². The Balaban J connectivity index is 2.28. The Morgan fingerprint density at radius 3 is 2.70 bits per heavy atom. The van der Waals surface area contributed by atoms with E-state index in [1.54, 1.807) is 0 Å². The number of likely N-dealkylation sites (N-methyl/N-ethyl adjacent to an activating group) is 1. The summed E-state index contributed by atoms with van der Waals surface area (Å²) in [5, 5.41) is 7.70. The number of amidine groups is 1. The molecule has 0 bridgehead atoms. The normalized spacial score (nSPS) is 19.2. The van der Waals surface area contributed by atoms with Gasteiger partial charge in [-0.3, -0.25) is 4.99 Å². The molecule has 1 saturated carbocycles. The van der Waals surface area contributed by atoms with Gasteiger partial charge >= 0.3 is 0 Å². The van der Waals surface area contributed by atoms with Crippen LogP contribution >= 0.6 is 0 Å². The van der Waals surface area contributed by atoms with Crippen molar-refractivity contribution in [2.24, 2.45) is 20.9 Å². The Hall–Kier alpha value is -2.63. The van der Waals surface area contributed by atoms with Gasteiger partial charge in [0, 0.05) is 44.3 Å². The van der Waals surface area contributed by atoms with Crippen LogP contribution < -0.4 is 5.73 Å². The smallest absolute Gasteiger partial charge is 0.128 e. The van der Waals surface area contributed by atoms with Crippen LogP contribution in [-0.2, 0) is 0 Å². The fourth-order valence-corrected chi connectivity index (χ4v) is 2.93. The van der Waals surface area contributed by atoms with Crippen LogP contribution in [0.5, 0.6) is 0 Å². The van der Waals surface area contributed by atoms with E-state index < -0.39 is 0 Å². The number of allylic oxidation sites excluding steroid dienone is 3. The summed E-state index contributed by atoms with van der Waals surface area (Å²) < 4.78 is 0. The van der Waals surface area contributed by atoms with E-state index in [1.807, 2.05) is 13.0 Å². The number of nitrogens with zero attached hydrogens (tertiary/aromatic N) is 5. The Morgan fingerprint density at radius 2 is 2.15 bits per heavy atom. The van der Waals surface area contributed by atoms with E-state index >= 15 is 0 Å². The van der Waals surface area contributed by atoms with E-state index in [0.717, 1.165) is 54.3 Å². The topological polar surface area (TPSA) is 69.6 Å². The number of rotatable bonds is 8. The largest absolute Gasteiger partial charge is 0.402 e. The maximum atomic E-state index is 6.35. The van der Waals surface area contributed by atoms with Crippen molar-refractivity contribution in [3.05, 3.63) is 47.5 Å². The molecule has 146 valence electrons. The molecule has 6 nitrogen and oxygen atoms in total. The fourth-order valence-electron chi connectivity index (χ4n) is 2.93. The highest BCUT2D eigenvalue weighted by molar-refractivity contribution is 6.09. The van der Waals surface area contributed by atoms with E-state index in [9.17, 15) is 0 Å². The van der Waals surface area contributed by atoms with Gasteiger partial charge in [0.2, 0.25) is 0 Å². The standard InChI is InChI=1S/C21H32N6/c1-7-20(22)19(21(8-2)24-17-9-10-17)14-26(6)18-11-15(3)12-27(13-18)16(4)25-23-5/h8,11,13,17H,2,5,7,9-10,12,14,22H2,1,3-4,6H3/b20-19?,24-21?,25-16-. The van der Waals surface area contributed by atoms with Crippen molar-refractivity contribution in [1.82, 2.24) is 9.80 Å². The molecule has 1 aliphatic carbocycles. The average molecular weight is 369 g/mol. The van der Waals surface area contributed by atoms with Gasteiger partial charge in [0.1, 0.15) is 5.84 Å². The van der Waals surface area contributed by atoms with E-state index in [1.165, 1.54) is 5.57 Å². The number of nitrogens with two attached hydrogens (primary N) is 1. The molecule has 0 aromatic rings. The summed E-state index contributed by atoms with van der Waals surface area (Å²) in [5.41, 5.74) is 11.5. The molecule has 0 aromatic carbocycles. The van der Waals surface area contributed by atoms with Crippen molar-refractivity contribution in [2.75, 3.05) is 20.1 Å². The summed E-state index contributed by atoms with van der Waals surface area (Å²) in [7, 11) is 2.07. The molecular weight excluding hydrogens is 336 g/mol. The van der Waals surface area contributed by atoms with Gasteiger partial charge in [-0.15, -0.1) is 5.10 Å². The zero-order valence-corrected chi connectivity index (χ0v) is 17.1. The molecule has 2 aliphatic rings. The molecule has 0 unspecified atom stereocenters. The Morgan fingerprint density at radius 1 is 1.44 bits per heavy atom. The van der Waals surface area contributed by atoms with Crippen molar-refractivity contribution >= 4 is 18.3 Å². The third-order valence-corrected chi connectivity index (χ3v) is 4.71. The SMILES string of the molecule is C=CC(=NC1CC1)C(CN(C)C1=CN(/C(C)=N\N=C)CC(C)=C1)=C(N)CC. The minimum Gasteiger partial charge on any atom is -0.402 e. The first kappa shape index (κ1) is 20.7. The highest BCUT2D eigenvalue weighted by Crippen LogP contribution is 2.26. The first-order valence-electron chi connectivity index (χ1n) is 9.44. The van der Waals surface area contributed by atoms with Crippen molar-refractivity contribution in [2.45, 2.75) is 46.1 Å². The van der Waals surface area contributed by atoms with E-state index in [4.69, 9.17) is 10.7 Å². The van der Waals surface area contributed by atoms with E-state index in [2.05, 4.69) is 66.5 Å². The van der Waals surface area contributed by atoms with Crippen LogP contribution in [0.25, 0.3) is 0 Å². The highest BCUT2D eigenvalue weighted by atomic mass is 15.3. The molecule has 0 atom stereocenters. The lowest BCUT2D eigenvalue weighted by atomic mass is 10.0. The minimum atomic E-state index is 0.430. The molecule has 0 amide bonds. The predicted octanol–water partition coefficient (Wildman–Crippen LogP) is 3.47. The van der Waals surface area contributed by atoms with Crippen LogP contribution in [0.3, 0.4) is 0 Å². The molecule has 0 saturated heterocycles. The quantitative estimate of drug-likeness (QED) is 0.405. The molecule has 0 radical (unpaired) electrons.